The molecule has 0 saturated heterocycles. The van der Waals surface area contributed by atoms with E-state index < -0.39 is 0 Å². The third-order valence-electron chi connectivity index (χ3n) is 3.78. The van der Waals surface area contributed by atoms with Crippen molar-refractivity contribution in [3.63, 3.8) is 0 Å². The zero-order valence-electron chi connectivity index (χ0n) is 14.3. The van der Waals surface area contributed by atoms with Crippen molar-refractivity contribution < 1.29 is 4.79 Å². The second kappa shape index (κ2) is 8.95. The lowest BCUT2D eigenvalue weighted by atomic mass is 10.1. The molecule has 5 nitrogen and oxygen atoms in total. The van der Waals surface area contributed by atoms with Crippen molar-refractivity contribution >= 4 is 59.4 Å². The average molecular weight is 555 g/mol. The van der Waals surface area contributed by atoms with E-state index in [-0.39, 0.29) is 5.91 Å². The number of carbonyl (C=O) groups excluding carboxylic acids is 1. The fourth-order valence-corrected chi connectivity index (χ4v) is 3.38. The molecule has 1 aromatic heterocycles. The van der Waals surface area contributed by atoms with Gasteiger partial charge in [0.2, 0.25) is 0 Å². The second-order valence-electron chi connectivity index (χ2n) is 5.79. The van der Waals surface area contributed by atoms with Crippen LogP contribution in [0.15, 0.2) is 73.2 Å². The summed E-state index contributed by atoms with van der Waals surface area (Å²) in [5.41, 5.74) is 5.58. The Morgan fingerprint density at radius 3 is 2.26 bits per heavy atom. The highest BCUT2D eigenvalue weighted by Gasteiger charge is 2.15. The van der Waals surface area contributed by atoms with E-state index in [0.717, 1.165) is 20.1 Å². The van der Waals surface area contributed by atoms with Crippen LogP contribution in [0.2, 0.25) is 0 Å². The largest absolute Gasteiger partial charge is 0.293 e. The molecule has 0 saturated carbocycles. The van der Waals surface area contributed by atoms with Crippen LogP contribution in [-0.4, -0.2) is 21.4 Å². The minimum Gasteiger partial charge on any atom is -0.266 e. The first-order chi connectivity index (χ1) is 12.9. The van der Waals surface area contributed by atoms with Crippen LogP contribution in [0.25, 0.3) is 0 Å². The summed E-state index contributed by atoms with van der Waals surface area (Å²) in [6, 6.07) is 15.7. The van der Waals surface area contributed by atoms with E-state index in [1.807, 2.05) is 55.5 Å². The van der Waals surface area contributed by atoms with Gasteiger partial charge in [-0.15, -0.1) is 0 Å². The van der Waals surface area contributed by atoms with Gasteiger partial charge in [0.1, 0.15) is 0 Å². The molecule has 0 aliphatic carbocycles. The molecule has 138 valence electrons. The summed E-state index contributed by atoms with van der Waals surface area (Å²) < 4.78 is 4.34. The molecule has 0 aliphatic heterocycles. The Kier molecular flexibility index (Phi) is 6.62. The quantitative estimate of drug-likeness (QED) is 0.340. The summed E-state index contributed by atoms with van der Waals surface area (Å²) in [6.07, 6.45) is 1.78. The third-order valence-corrected chi connectivity index (χ3v) is 5.41. The maximum Gasteiger partial charge on any atom is 0.293 e. The highest BCUT2D eigenvalue weighted by molar-refractivity contribution is 9.11. The van der Waals surface area contributed by atoms with Crippen molar-refractivity contribution in [2.24, 2.45) is 5.10 Å². The van der Waals surface area contributed by atoms with Gasteiger partial charge in [0.15, 0.2) is 5.69 Å². The molecule has 0 unspecified atom stereocenters. The summed E-state index contributed by atoms with van der Waals surface area (Å²) in [6.45, 7) is 2.41. The van der Waals surface area contributed by atoms with Crippen molar-refractivity contribution in [3.05, 3.63) is 85.0 Å². The van der Waals surface area contributed by atoms with Crippen LogP contribution in [0.5, 0.6) is 0 Å². The molecular weight excluding hydrogens is 540 g/mol. The predicted octanol–water partition coefficient (Wildman–Crippen LogP) is 5.37. The molecule has 3 rings (SSSR count). The van der Waals surface area contributed by atoms with E-state index in [1.165, 1.54) is 0 Å². The number of nitrogens with zero attached hydrogens (tertiary/aromatic N) is 3. The molecule has 27 heavy (non-hydrogen) atoms. The molecule has 2 aromatic carbocycles. The topological polar surface area (TPSA) is 59.3 Å². The lowest BCUT2D eigenvalue weighted by Crippen LogP contribution is -2.20. The Morgan fingerprint density at radius 2 is 1.63 bits per heavy atom. The molecule has 0 bridgehead atoms. The number of hydrogen-bond acceptors (Lipinski definition) is 3. The number of rotatable bonds is 5. The Balaban J connectivity index is 1.69. The summed E-state index contributed by atoms with van der Waals surface area (Å²) in [7, 11) is 0. The van der Waals surface area contributed by atoms with Crippen LogP contribution in [0.1, 0.15) is 28.5 Å². The standard InChI is InChI=1S/C19H15Br3N4O/c1-12(14-4-8-16(21)9-5-14)23-24-19(27)18-17(22)11-26(25-18)10-13-2-6-15(20)7-3-13/h2-9,11H,10H2,1H3,(H,24,27). The number of nitrogens with one attached hydrogen (secondary N) is 1. The highest BCUT2D eigenvalue weighted by atomic mass is 79.9. The maximum atomic E-state index is 12.4. The van der Waals surface area contributed by atoms with Crippen molar-refractivity contribution in [1.82, 2.24) is 15.2 Å². The number of benzene rings is 2. The molecule has 0 radical (unpaired) electrons. The van der Waals surface area contributed by atoms with Gasteiger partial charge >= 0.3 is 0 Å². The van der Waals surface area contributed by atoms with E-state index in [2.05, 4.69) is 63.4 Å². The first-order valence-electron chi connectivity index (χ1n) is 8.00. The summed E-state index contributed by atoms with van der Waals surface area (Å²) in [5, 5.41) is 8.53. The molecule has 0 fully saturated rings. The Bertz CT molecular complexity index is 979. The predicted molar refractivity (Wildman–Crippen MR) is 117 cm³/mol. The Hall–Kier alpha value is -1.77. The van der Waals surface area contributed by atoms with Gasteiger partial charge in [-0.2, -0.15) is 10.2 Å². The van der Waals surface area contributed by atoms with Crippen LogP contribution in [-0.2, 0) is 6.54 Å². The minimum absolute atomic E-state index is 0.291. The van der Waals surface area contributed by atoms with Crippen LogP contribution < -0.4 is 5.43 Å². The number of amides is 1. The van der Waals surface area contributed by atoms with E-state index in [4.69, 9.17) is 0 Å². The third kappa shape index (κ3) is 5.37. The average Bonchev–Trinajstić information content (AvgIpc) is 3.02. The summed E-state index contributed by atoms with van der Waals surface area (Å²) in [4.78, 5) is 12.4. The zero-order chi connectivity index (χ0) is 19.4. The molecule has 3 aromatic rings. The van der Waals surface area contributed by atoms with E-state index in [1.54, 1.807) is 10.9 Å². The van der Waals surface area contributed by atoms with Gasteiger partial charge in [-0.05, 0) is 58.2 Å². The number of aromatic nitrogens is 2. The molecule has 1 N–H and O–H groups in total. The van der Waals surface area contributed by atoms with Crippen LogP contribution >= 0.6 is 47.8 Å². The molecular formula is C19H15Br3N4O. The number of halogens is 3. The number of hydrogen-bond donors (Lipinski definition) is 1. The first kappa shape index (κ1) is 20.0. The SMILES string of the molecule is CC(=NNC(=O)c1nn(Cc2ccc(Br)cc2)cc1Br)c1ccc(Br)cc1. The summed E-state index contributed by atoms with van der Waals surface area (Å²) in [5.74, 6) is -0.368. The molecule has 0 aliphatic rings. The highest BCUT2D eigenvalue weighted by Crippen LogP contribution is 2.17. The van der Waals surface area contributed by atoms with E-state index in [9.17, 15) is 4.79 Å². The van der Waals surface area contributed by atoms with Gasteiger partial charge in [-0.3, -0.25) is 9.48 Å². The zero-order valence-corrected chi connectivity index (χ0v) is 19.0. The molecule has 1 heterocycles. The monoisotopic (exact) mass is 552 g/mol. The second-order valence-corrected chi connectivity index (χ2v) is 8.48. The molecule has 1 amide bonds. The minimum atomic E-state index is -0.368. The fraction of sp³-hybridized carbons (Fsp3) is 0.105. The van der Waals surface area contributed by atoms with Gasteiger partial charge in [0, 0.05) is 15.1 Å². The van der Waals surface area contributed by atoms with Gasteiger partial charge in [0.05, 0.1) is 16.7 Å². The molecule has 8 heteroatoms. The van der Waals surface area contributed by atoms with E-state index >= 15 is 0 Å². The van der Waals surface area contributed by atoms with Gasteiger partial charge < -0.3 is 0 Å². The first-order valence-corrected chi connectivity index (χ1v) is 10.4. The van der Waals surface area contributed by atoms with Crippen LogP contribution in [0.3, 0.4) is 0 Å². The smallest absolute Gasteiger partial charge is 0.266 e. The molecule has 0 atom stereocenters. The van der Waals surface area contributed by atoms with E-state index in [0.29, 0.717) is 22.4 Å². The Labute approximate surface area is 182 Å². The van der Waals surface area contributed by atoms with Gasteiger partial charge in [-0.1, -0.05) is 56.1 Å². The normalized spacial score (nSPS) is 11.5. The lowest BCUT2D eigenvalue weighted by molar-refractivity contribution is 0.0948. The van der Waals surface area contributed by atoms with Crippen molar-refractivity contribution in [2.75, 3.05) is 0 Å². The molecule has 0 spiro atoms. The fourth-order valence-electron chi connectivity index (χ4n) is 2.35. The van der Waals surface area contributed by atoms with Crippen LogP contribution in [0.4, 0.5) is 0 Å². The van der Waals surface area contributed by atoms with Gasteiger partial charge in [-0.25, -0.2) is 5.43 Å². The lowest BCUT2D eigenvalue weighted by Gasteiger charge is -2.03. The van der Waals surface area contributed by atoms with Crippen molar-refractivity contribution in [2.45, 2.75) is 13.5 Å². The number of carbonyl (C=O) groups is 1. The summed E-state index contributed by atoms with van der Waals surface area (Å²) >= 11 is 10.2. The van der Waals surface area contributed by atoms with Crippen molar-refractivity contribution in [3.8, 4) is 0 Å². The van der Waals surface area contributed by atoms with Crippen LogP contribution in [0, 0.1) is 0 Å². The van der Waals surface area contributed by atoms with Crippen molar-refractivity contribution in [1.29, 1.82) is 0 Å². The maximum absolute atomic E-state index is 12.4. The van der Waals surface area contributed by atoms with Gasteiger partial charge in [0.25, 0.3) is 5.91 Å². The Morgan fingerprint density at radius 1 is 1.04 bits per heavy atom. The number of hydrazone groups is 1.